The third kappa shape index (κ3) is 1.54. The maximum absolute atomic E-state index is 11.7. The van der Waals surface area contributed by atoms with Crippen LogP contribution in [0.2, 0.25) is 0 Å². The van der Waals surface area contributed by atoms with Crippen LogP contribution >= 0.6 is 0 Å². The average Bonchev–Trinajstić information content (AvgIpc) is 2.00. The van der Waals surface area contributed by atoms with Gasteiger partial charge in [0, 0.05) is 18.2 Å². The normalized spacial score (nSPS) is 29.9. The average molecular weight is 191 g/mol. The van der Waals surface area contributed by atoms with Crippen molar-refractivity contribution in [1.29, 1.82) is 0 Å². The largest absolute Gasteiger partial charge is 0.299 e. The minimum Gasteiger partial charge on any atom is -0.299 e. The van der Waals surface area contributed by atoms with Gasteiger partial charge in [-0.2, -0.15) is 0 Å². The molecule has 0 radical (unpaired) electrons. The summed E-state index contributed by atoms with van der Waals surface area (Å²) in [7, 11) is 0. The van der Waals surface area contributed by atoms with Crippen LogP contribution in [-0.2, 0) is 9.59 Å². The first-order chi connectivity index (χ1) is 6.48. The Hall–Kier alpha value is -1.25. The van der Waals surface area contributed by atoms with Crippen molar-refractivity contribution in [3.8, 4) is 0 Å². The molecule has 74 valence electrons. The van der Waals surface area contributed by atoms with Crippen molar-refractivity contribution in [1.82, 2.24) is 0 Å². The van der Waals surface area contributed by atoms with E-state index in [1.807, 2.05) is 13.8 Å². The van der Waals surface area contributed by atoms with Crippen molar-refractivity contribution in [2.75, 3.05) is 0 Å². The number of rotatable bonds is 0. The van der Waals surface area contributed by atoms with E-state index in [9.17, 15) is 9.59 Å². The summed E-state index contributed by atoms with van der Waals surface area (Å²) in [5.74, 6) is -0.272. The molecular weight excluding hydrogens is 178 g/mol. The molecule has 0 aromatic carbocycles. The van der Waals surface area contributed by atoms with Crippen molar-refractivity contribution in [2.45, 2.75) is 26.7 Å². The molecule has 0 bridgehead atoms. The van der Waals surface area contributed by atoms with Gasteiger partial charge in [-0.15, -0.1) is 0 Å². The zero-order valence-electron chi connectivity index (χ0n) is 8.41. The first-order valence-corrected chi connectivity index (χ1v) is 4.80. The Balaban J connectivity index is 2.34. The lowest BCUT2D eigenvalue weighted by Crippen LogP contribution is -2.38. The van der Waals surface area contributed by atoms with Crippen LogP contribution in [0.5, 0.6) is 0 Å². The summed E-state index contributed by atoms with van der Waals surface area (Å²) >= 11 is 0. The molecule has 1 atom stereocenters. The summed E-state index contributed by atoms with van der Waals surface area (Å²) in [5, 5.41) is 0. The number of allylic oxidation sites excluding steroid dienone is 1. The second kappa shape index (κ2) is 2.87. The van der Waals surface area contributed by atoms with E-state index in [-0.39, 0.29) is 23.0 Å². The molecule has 1 aliphatic heterocycles. The van der Waals surface area contributed by atoms with Crippen molar-refractivity contribution >= 4 is 17.4 Å². The first kappa shape index (κ1) is 9.31. The fourth-order valence-electron chi connectivity index (χ4n) is 2.12. The lowest BCUT2D eigenvalue weighted by atomic mass is 9.70. The number of dihydropyridines is 1. The number of carbonyl (C=O) groups is 2. The van der Waals surface area contributed by atoms with Crippen LogP contribution < -0.4 is 0 Å². The smallest absolute Gasteiger partial charge is 0.269 e. The Morgan fingerprint density at radius 3 is 2.79 bits per heavy atom. The summed E-state index contributed by atoms with van der Waals surface area (Å²) in [6, 6.07) is 0. The molecule has 0 aromatic heterocycles. The van der Waals surface area contributed by atoms with Gasteiger partial charge in [0.15, 0.2) is 0 Å². The lowest BCUT2D eigenvalue weighted by molar-refractivity contribution is -0.122. The highest BCUT2D eigenvalue weighted by Crippen LogP contribution is 2.35. The molecule has 1 saturated carbocycles. The molecule has 1 amide bonds. The number of nitrogens with zero attached hydrogens (tertiary/aromatic N) is 1. The van der Waals surface area contributed by atoms with Gasteiger partial charge in [0.2, 0.25) is 0 Å². The van der Waals surface area contributed by atoms with Gasteiger partial charge in [0.05, 0.1) is 5.92 Å². The number of aliphatic imine (C=N–C) groups is 1. The second-order valence-corrected chi connectivity index (χ2v) is 4.76. The molecule has 1 unspecified atom stereocenters. The molecular formula is C11H13NO2. The molecule has 0 spiro atoms. The van der Waals surface area contributed by atoms with E-state index < -0.39 is 0 Å². The maximum atomic E-state index is 11.7. The topological polar surface area (TPSA) is 46.5 Å². The van der Waals surface area contributed by atoms with Crippen LogP contribution in [0.15, 0.2) is 17.1 Å². The second-order valence-electron chi connectivity index (χ2n) is 4.76. The standard InChI is InChI=1S/C11H13NO2/c1-11(2)5-8-7(9(13)6-11)3-4-10(14)12-8/h3-4,7H,5-6H2,1-2H3. The van der Waals surface area contributed by atoms with Gasteiger partial charge >= 0.3 is 0 Å². The van der Waals surface area contributed by atoms with Crippen LogP contribution in [0.1, 0.15) is 26.7 Å². The Labute approximate surface area is 82.9 Å². The summed E-state index contributed by atoms with van der Waals surface area (Å²) in [6.45, 7) is 4.07. The highest BCUT2D eigenvalue weighted by Gasteiger charge is 2.38. The number of carbonyl (C=O) groups excluding carboxylic acids is 2. The van der Waals surface area contributed by atoms with E-state index in [2.05, 4.69) is 4.99 Å². The zero-order chi connectivity index (χ0) is 10.3. The molecule has 0 saturated heterocycles. The quantitative estimate of drug-likeness (QED) is 0.583. The van der Waals surface area contributed by atoms with E-state index in [4.69, 9.17) is 0 Å². The number of Topliss-reactive ketones (excluding diaryl/α,β-unsaturated/α-hetero) is 1. The Kier molecular flexibility index (Phi) is 1.91. The van der Waals surface area contributed by atoms with Crippen LogP contribution in [0.4, 0.5) is 0 Å². The van der Waals surface area contributed by atoms with Crippen LogP contribution in [-0.4, -0.2) is 17.4 Å². The van der Waals surface area contributed by atoms with Gasteiger partial charge in [-0.05, 0) is 11.8 Å². The molecule has 1 heterocycles. The zero-order valence-corrected chi connectivity index (χ0v) is 8.41. The van der Waals surface area contributed by atoms with Gasteiger partial charge in [-0.25, -0.2) is 4.99 Å². The SMILES string of the molecule is CC1(C)CC(=O)C2C=CC(=O)N=C2C1. The van der Waals surface area contributed by atoms with E-state index in [0.717, 1.165) is 12.1 Å². The van der Waals surface area contributed by atoms with Gasteiger partial charge in [0.25, 0.3) is 5.91 Å². The lowest BCUT2D eigenvalue weighted by Gasteiger charge is -2.34. The first-order valence-electron chi connectivity index (χ1n) is 4.80. The minimum atomic E-state index is -0.234. The molecule has 14 heavy (non-hydrogen) atoms. The maximum Gasteiger partial charge on any atom is 0.269 e. The summed E-state index contributed by atoms with van der Waals surface area (Å²) in [6.07, 6.45) is 4.40. The van der Waals surface area contributed by atoms with Crippen LogP contribution in [0, 0.1) is 11.3 Å². The van der Waals surface area contributed by atoms with Gasteiger partial charge in [-0.1, -0.05) is 19.9 Å². The Morgan fingerprint density at radius 1 is 1.36 bits per heavy atom. The number of hydrogen-bond acceptors (Lipinski definition) is 2. The van der Waals surface area contributed by atoms with Crippen molar-refractivity contribution in [3.05, 3.63) is 12.2 Å². The van der Waals surface area contributed by atoms with Crippen molar-refractivity contribution in [3.63, 3.8) is 0 Å². The van der Waals surface area contributed by atoms with Gasteiger partial charge in [-0.3, -0.25) is 9.59 Å². The predicted octanol–water partition coefficient (Wildman–Crippen LogP) is 1.53. The highest BCUT2D eigenvalue weighted by atomic mass is 16.1. The summed E-state index contributed by atoms with van der Waals surface area (Å²) < 4.78 is 0. The van der Waals surface area contributed by atoms with E-state index in [1.165, 1.54) is 6.08 Å². The number of fused-ring (bicyclic) bond motifs is 1. The van der Waals surface area contributed by atoms with Gasteiger partial charge in [0.1, 0.15) is 5.78 Å². The number of amides is 1. The van der Waals surface area contributed by atoms with Crippen LogP contribution in [0.25, 0.3) is 0 Å². The van der Waals surface area contributed by atoms with E-state index in [0.29, 0.717) is 6.42 Å². The highest BCUT2D eigenvalue weighted by molar-refractivity contribution is 6.15. The molecule has 1 aliphatic carbocycles. The van der Waals surface area contributed by atoms with E-state index >= 15 is 0 Å². The number of ketones is 1. The predicted molar refractivity (Wildman–Crippen MR) is 53.1 cm³/mol. The van der Waals surface area contributed by atoms with Crippen molar-refractivity contribution in [2.24, 2.45) is 16.3 Å². The Morgan fingerprint density at radius 2 is 2.07 bits per heavy atom. The van der Waals surface area contributed by atoms with Gasteiger partial charge < -0.3 is 0 Å². The summed E-state index contributed by atoms with van der Waals surface area (Å²) in [4.78, 5) is 26.7. The summed E-state index contributed by atoms with van der Waals surface area (Å²) in [5.41, 5.74) is 0.705. The molecule has 1 fully saturated rings. The molecule has 3 nitrogen and oxygen atoms in total. The van der Waals surface area contributed by atoms with Crippen molar-refractivity contribution < 1.29 is 9.59 Å². The fraction of sp³-hybridized carbons (Fsp3) is 0.545. The fourth-order valence-corrected chi connectivity index (χ4v) is 2.12. The molecule has 0 N–H and O–H groups in total. The Bertz CT molecular complexity index is 363. The molecule has 2 aliphatic rings. The molecule has 3 heteroatoms. The monoisotopic (exact) mass is 191 g/mol. The van der Waals surface area contributed by atoms with Crippen LogP contribution in [0.3, 0.4) is 0 Å². The third-order valence-corrected chi connectivity index (χ3v) is 2.70. The minimum absolute atomic E-state index is 0.0438. The third-order valence-electron chi connectivity index (χ3n) is 2.70. The van der Waals surface area contributed by atoms with E-state index in [1.54, 1.807) is 6.08 Å². The molecule has 0 aromatic rings. The number of hydrogen-bond donors (Lipinski definition) is 0. The molecule has 2 rings (SSSR count).